The van der Waals surface area contributed by atoms with Crippen LogP contribution in [-0.2, 0) is 0 Å². The minimum absolute atomic E-state index is 0.395. The first-order valence-electron chi connectivity index (χ1n) is 9.43. The minimum atomic E-state index is 0.395. The quantitative estimate of drug-likeness (QED) is 0.408. The molecule has 30 heavy (non-hydrogen) atoms. The van der Waals surface area contributed by atoms with Gasteiger partial charge in [-0.05, 0) is 55.7 Å². The monoisotopic (exact) mass is 482 g/mol. The molecule has 0 aliphatic carbocycles. The molecule has 1 aliphatic rings. The molecule has 0 unspecified atom stereocenters. The van der Waals surface area contributed by atoms with E-state index in [0.29, 0.717) is 37.9 Å². The molecule has 4 rings (SSSR count). The van der Waals surface area contributed by atoms with Gasteiger partial charge in [0.2, 0.25) is 17.8 Å². The number of rotatable bonds is 5. The van der Waals surface area contributed by atoms with Crippen molar-refractivity contribution in [2.45, 2.75) is 19.3 Å². The highest BCUT2D eigenvalue weighted by Crippen LogP contribution is 2.29. The lowest BCUT2D eigenvalue weighted by molar-refractivity contribution is 0.568. The van der Waals surface area contributed by atoms with Gasteiger partial charge < -0.3 is 15.5 Å². The van der Waals surface area contributed by atoms with Crippen molar-refractivity contribution in [1.82, 2.24) is 15.0 Å². The van der Waals surface area contributed by atoms with Crippen LogP contribution in [0.2, 0.25) is 20.1 Å². The van der Waals surface area contributed by atoms with Gasteiger partial charge in [0.25, 0.3) is 0 Å². The van der Waals surface area contributed by atoms with Crippen molar-refractivity contribution in [1.29, 1.82) is 0 Å². The van der Waals surface area contributed by atoms with E-state index in [4.69, 9.17) is 46.4 Å². The van der Waals surface area contributed by atoms with Gasteiger partial charge in [-0.1, -0.05) is 46.4 Å². The Morgan fingerprint density at radius 3 is 1.60 bits per heavy atom. The molecule has 2 aromatic carbocycles. The van der Waals surface area contributed by atoms with Gasteiger partial charge >= 0.3 is 0 Å². The van der Waals surface area contributed by atoms with Crippen molar-refractivity contribution in [3.05, 3.63) is 56.5 Å². The van der Waals surface area contributed by atoms with Crippen molar-refractivity contribution in [3.63, 3.8) is 0 Å². The van der Waals surface area contributed by atoms with Crippen LogP contribution in [0, 0.1) is 0 Å². The van der Waals surface area contributed by atoms with Crippen molar-refractivity contribution in [2.75, 3.05) is 28.6 Å². The predicted molar refractivity (Wildman–Crippen MR) is 125 cm³/mol. The fourth-order valence-corrected chi connectivity index (χ4v) is 3.71. The maximum atomic E-state index is 6.13. The second-order valence-electron chi connectivity index (χ2n) is 6.84. The number of aromatic nitrogens is 3. The Morgan fingerprint density at radius 1 is 0.633 bits per heavy atom. The number of nitrogens with one attached hydrogen (secondary N) is 2. The van der Waals surface area contributed by atoms with Gasteiger partial charge in [0.05, 0.1) is 20.1 Å². The van der Waals surface area contributed by atoms with Crippen LogP contribution in [0.5, 0.6) is 0 Å². The normalized spacial score (nSPS) is 13.9. The summed E-state index contributed by atoms with van der Waals surface area (Å²) < 4.78 is 0. The van der Waals surface area contributed by atoms with E-state index in [9.17, 15) is 0 Å². The molecular formula is C20H18Cl4N6. The van der Waals surface area contributed by atoms with Crippen LogP contribution in [0.15, 0.2) is 36.4 Å². The van der Waals surface area contributed by atoms with Gasteiger partial charge in [0.1, 0.15) is 0 Å². The van der Waals surface area contributed by atoms with Gasteiger partial charge in [-0.2, -0.15) is 15.0 Å². The third-order valence-corrected chi connectivity index (χ3v) is 6.09. The zero-order chi connectivity index (χ0) is 21.1. The van der Waals surface area contributed by atoms with E-state index in [1.165, 1.54) is 6.42 Å². The Bertz CT molecular complexity index is 984. The fraction of sp³-hybridized carbons (Fsp3) is 0.250. The first-order valence-corrected chi connectivity index (χ1v) is 10.9. The molecule has 6 nitrogen and oxygen atoms in total. The molecule has 1 fully saturated rings. The van der Waals surface area contributed by atoms with Crippen LogP contribution in [0.25, 0.3) is 0 Å². The molecule has 10 heteroatoms. The average molecular weight is 484 g/mol. The Morgan fingerprint density at radius 2 is 1.13 bits per heavy atom. The molecule has 3 aromatic rings. The van der Waals surface area contributed by atoms with Gasteiger partial charge in [0, 0.05) is 24.5 Å². The summed E-state index contributed by atoms with van der Waals surface area (Å²) in [4.78, 5) is 15.9. The third-order valence-electron chi connectivity index (χ3n) is 4.61. The Balaban J connectivity index is 1.66. The Hall–Kier alpha value is -1.99. The summed E-state index contributed by atoms with van der Waals surface area (Å²) in [5.74, 6) is 1.40. The smallest absolute Gasteiger partial charge is 0.233 e. The Kier molecular flexibility index (Phi) is 6.68. The lowest BCUT2D eigenvalue weighted by Gasteiger charge is -2.27. The molecular weight excluding hydrogens is 466 g/mol. The van der Waals surface area contributed by atoms with E-state index in [1.54, 1.807) is 24.3 Å². The van der Waals surface area contributed by atoms with Crippen LogP contribution in [0.3, 0.4) is 0 Å². The maximum Gasteiger partial charge on any atom is 0.233 e. The highest BCUT2D eigenvalue weighted by molar-refractivity contribution is 6.42. The molecule has 1 aliphatic heterocycles. The van der Waals surface area contributed by atoms with Gasteiger partial charge in [0.15, 0.2) is 0 Å². The SMILES string of the molecule is Clc1ccc(Nc2nc(Nc3ccc(Cl)c(Cl)c3)nc(N3CCCCC3)n2)cc1Cl. The zero-order valence-electron chi connectivity index (χ0n) is 15.8. The number of nitrogens with zero attached hydrogens (tertiary/aromatic N) is 4. The van der Waals surface area contributed by atoms with E-state index in [0.717, 1.165) is 37.3 Å². The number of piperidine rings is 1. The second-order valence-corrected chi connectivity index (χ2v) is 8.47. The van der Waals surface area contributed by atoms with E-state index >= 15 is 0 Å². The molecule has 156 valence electrons. The Labute approximate surface area is 194 Å². The highest BCUT2D eigenvalue weighted by Gasteiger charge is 2.17. The lowest BCUT2D eigenvalue weighted by Crippen LogP contribution is -2.31. The molecule has 2 N–H and O–H groups in total. The maximum absolute atomic E-state index is 6.13. The average Bonchev–Trinajstić information content (AvgIpc) is 2.74. The number of hydrogen-bond donors (Lipinski definition) is 2. The number of anilines is 5. The molecule has 0 bridgehead atoms. The van der Waals surface area contributed by atoms with Gasteiger partial charge in [-0.3, -0.25) is 0 Å². The predicted octanol–water partition coefficient (Wildman–Crippen LogP) is 6.96. The molecule has 1 aromatic heterocycles. The van der Waals surface area contributed by atoms with Crippen LogP contribution in [0.4, 0.5) is 29.2 Å². The van der Waals surface area contributed by atoms with Crippen LogP contribution in [-0.4, -0.2) is 28.0 Å². The lowest BCUT2D eigenvalue weighted by atomic mass is 10.1. The summed E-state index contributed by atoms with van der Waals surface area (Å²) >= 11 is 24.3. The summed E-state index contributed by atoms with van der Waals surface area (Å²) in [6.45, 7) is 1.81. The third kappa shape index (κ3) is 5.19. The summed E-state index contributed by atoms with van der Waals surface area (Å²) in [7, 11) is 0. The van der Waals surface area contributed by atoms with E-state index in [1.807, 2.05) is 12.1 Å². The van der Waals surface area contributed by atoms with Crippen molar-refractivity contribution >= 4 is 75.6 Å². The first kappa shape index (κ1) is 21.2. The van der Waals surface area contributed by atoms with Crippen molar-refractivity contribution in [3.8, 4) is 0 Å². The van der Waals surface area contributed by atoms with Crippen LogP contribution < -0.4 is 15.5 Å². The standard InChI is InChI=1S/C20H18Cl4N6/c21-14-6-4-12(10-16(14)23)25-18-27-19(26-13-5-7-15(22)17(24)11-13)29-20(28-18)30-8-2-1-3-9-30/h4-7,10-11H,1-3,8-9H2,(H2,25,26,27,28,29). The molecule has 2 heterocycles. The number of halogens is 4. The molecule has 0 spiro atoms. The van der Waals surface area contributed by atoms with Crippen LogP contribution >= 0.6 is 46.4 Å². The van der Waals surface area contributed by atoms with E-state index in [-0.39, 0.29) is 0 Å². The van der Waals surface area contributed by atoms with E-state index < -0.39 is 0 Å². The molecule has 0 atom stereocenters. The first-order chi connectivity index (χ1) is 14.5. The number of benzene rings is 2. The fourth-order valence-electron chi connectivity index (χ4n) is 3.12. The summed E-state index contributed by atoms with van der Waals surface area (Å²) in [5.41, 5.74) is 1.45. The molecule has 0 radical (unpaired) electrons. The summed E-state index contributed by atoms with van der Waals surface area (Å²) in [6.07, 6.45) is 3.43. The van der Waals surface area contributed by atoms with Gasteiger partial charge in [-0.15, -0.1) is 0 Å². The summed E-state index contributed by atoms with van der Waals surface area (Å²) in [6, 6.07) is 10.5. The summed E-state index contributed by atoms with van der Waals surface area (Å²) in [5, 5.41) is 8.21. The highest BCUT2D eigenvalue weighted by atomic mass is 35.5. The van der Waals surface area contributed by atoms with E-state index in [2.05, 4.69) is 30.5 Å². The largest absolute Gasteiger partial charge is 0.341 e. The second kappa shape index (κ2) is 9.43. The molecule has 0 amide bonds. The molecule has 1 saturated heterocycles. The van der Waals surface area contributed by atoms with Crippen molar-refractivity contribution < 1.29 is 0 Å². The zero-order valence-corrected chi connectivity index (χ0v) is 18.8. The molecule has 0 saturated carbocycles. The topological polar surface area (TPSA) is 66.0 Å². The minimum Gasteiger partial charge on any atom is -0.341 e. The van der Waals surface area contributed by atoms with Gasteiger partial charge in [-0.25, -0.2) is 0 Å². The number of hydrogen-bond acceptors (Lipinski definition) is 6. The van der Waals surface area contributed by atoms with Crippen LogP contribution in [0.1, 0.15) is 19.3 Å². The van der Waals surface area contributed by atoms with Crippen molar-refractivity contribution in [2.24, 2.45) is 0 Å².